The van der Waals surface area contributed by atoms with Crippen molar-refractivity contribution in [3.05, 3.63) is 72.1 Å². The van der Waals surface area contributed by atoms with Gasteiger partial charge in [0.15, 0.2) is 11.0 Å². The summed E-state index contributed by atoms with van der Waals surface area (Å²) >= 11 is 1.42. The van der Waals surface area contributed by atoms with Gasteiger partial charge in [-0.15, -0.1) is 16.8 Å². The second-order valence-corrected chi connectivity index (χ2v) is 9.20. The highest BCUT2D eigenvalue weighted by molar-refractivity contribution is 7.99. The summed E-state index contributed by atoms with van der Waals surface area (Å²) < 4.78 is 18.7. The first-order chi connectivity index (χ1) is 16.4. The third-order valence-corrected chi connectivity index (χ3v) is 6.35. The molecule has 3 rings (SSSR count). The number of aromatic nitrogens is 3. The van der Waals surface area contributed by atoms with Gasteiger partial charge in [0.25, 0.3) is 0 Å². The largest absolute Gasteiger partial charge is 0.497 e. The smallest absolute Gasteiger partial charge is 0.191 e. The van der Waals surface area contributed by atoms with E-state index in [2.05, 4.69) is 49.7 Å². The Morgan fingerprint density at radius 3 is 2.41 bits per heavy atom. The van der Waals surface area contributed by atoms with E-state index >= 15 is 0 Å². The third kappa shape index (κ3) is 7.01. The van der Waals surface area contributed by atoms with Crippen molar-refractivity contribution >= 4 is 11.8 Å². The molecule has 1 N–H and O–H groups in total. The van der Waals surface area contributed by atoms with Crippen LogP contribution < -0.4 is 14.2 Å². The van der Waals surface area contributed by atoms with Gasteiger partial charge in [-0.1, -0.05) is 37.8 Å². The van der Waals surface area contributed by atoms with Crippen LogP contribution in [0.2, 0.25) is 0 Å². The zero-order valence-corrected chi connectivity index (χ0v) is 21.0. The molecule has 7 nitrogen and oxygen atoms in total. The molecule has 34 heavy (non-hydrogen) atoms. The van der Waals surface area contributed by atoms with Crippen LogP contribution in [0.3, 0.4) is 0 Å². The minimum atomic E-state index is -0.664. The Morgan fingerprint density at radius 2 is 1.76 bits per heavy atom. The van der Waals surface area contributed by atoms with Crippen LogP contribution in [-0.2, 0) is 13.2 Å². The Kier molecular flexibility index (Phi) is 9.42. The van der Waals surface area contributed by atoms with Crippen molar-refractivity contribution in [2.75, 3.05) is 19.5 Å². The molecule has 0 bridgehead atoms. The van der Waals surface area contributed by atoms with E-state index in [9.17, 15) is 5.11 Å². The fourth-order valence-corrected chi connectivity index (χ4v) is 4.33. The second kappa shape index (κ2) is 12.5. The maximum atomic E-state index is 10.4. The normalized spacial score (nSPS) is 11.9. The van der Waals surface area contributed by atoms with E-state index in [4.69, 9.17) is 14.2 Å². The molecule has 2 aromatic carbocycles. The highest BCUT2D eigenvalue weighted by Gasteiger charge is 2.15. The van der Waals surface area contributed by atoms with E-state index in [0.717, 1.165) is 11.5 Å². The first kappa shape index (κ1) is 25.6. The molecule has 0 spiro atoms. The number of aryl methyl sites for hydroxylation is 1. The molecule has 0 aliphatic rings. The molecular weight excluding hydrogens is 450 g/mol. The Balaban J connectivity index is 1.55. The lowest BCUT2D eigenvalue weighted by atomic mass is 9.98. The first-order valence-electron chi connectivity index (χ1n) is 11.2. The number of nitrogens with zero attached hydrogens (tertiary/aromatic N) is 3. The van der Waals surface area contributed by atoms with Gasteiger partial charge >= 0.3 is 0 Å². The fourth-order valence-electron chi connectivity index (χ4n) is 3.46. The number of hydrogen-bond acceptors (Lipinski definition) is 7. The molecule has 1 aromatic heterocycles. The van der Waals surface area contributed by atoms with Crippen LogP contribution in [0.25, 0.3) is 0 Å². The number of allylic oxidation sites excluding steroid dienone is 1. The van der Waals surface area contributed by atoms with Gasteiger partial charge in [-0.05, 0) is 60.4 Å². The summed E-state index contributed by atoms with van der Waals surface area (Å²) in [6, 6.07) is 13.4. The maximum absolute atomic E-state index is 10.4. The number of aliphatic hydroxyl groups excluding tert-OH is 1. The molecule has 0 fully saturated rings. The minimum absolute atomic E-state index is 0.177. The zero-order chi connectivity index (χ0) is 24.5. The SMILES string of the molecule is C=CCn1c(COc2ccc(C(C)C)c(C)c2)nnc1SC[C@@H](O)COc1ccc(OC)cc1. The van der Waals surface area contributed by atoms with Gasteiger partial charge in [-0.25, -0.2) is 0 Å². The van der Waals surface area contributed by atoms with Gasteiger partial charge in [0.2, 0.25) is 0 Å². The molecule has 0 radical (unpaired) electrons. The number of benzene rings is 2. The van der Waals surface area contributed by atoms with E-state index in [1.165, 1.54) is 22.9 Å². The van der Waals surface area contributed by atoms with E-state index in [-0.39, 0.29) is 6.61 Å². The Bertz CT molecular complexity index is 1070. The van der Waals surface area contributed by atoms with E-state index in [1.54, 1.807) is 13.2 Å². The van der Waals surface area contributed by atoms with Crippen molar-refractivity contribution in [3.8, 4) is 17.2 Å². The molecule has 0 saturated carbocycles. The van der Waals surface area contributed by atoms with Crippen molar-refractivity contribution in [1.82, 2.24) is 14.8 Å². The second-order valence-electron chi connectivity index (χ2n) is 8.21. The number of thioether (sulfide) groups is 1. The molecule has 0 saturated heterocycles. The number of rotatable bonds is 13. The Morgan fingerprint density at radius 1 is 1.06 bits per heavy atom. The van der Waals surface area contributed by atoms with Crippen molar-refractivity contribution in [3.63, 3.8) is 0 Å². The Hall–Kier alpha value is -2.97. The lowest BCUT2D eigenvalue weighted by molar-refractivity contribution is 0.126. The quantitative estimate of drug-likeness (QED) is 0.270. The monoisotopic (exact) mass is 483 g/mol. The number of aliphatic hydroxyl groups is 1. The summed E-state index contributed by atoms with van der Waals surface area (Å²) in [5.74, 6) is 3.83. The van der Waals surface area contributed by atoms with Crippen LogP contribution in [0.4, 0.5) is 0 Å². The predicted octanol–water partition coefficient (Wildman–Crippen LogP) is 5.02. The first-order valence-corrected chi connectivity index (χ1v) is 12.2. The topological polar surface area (TPSA) is 78.6 Å². The van der Waals surface area contributed by atoms with Crippen LogP contribution >= 0.6 is 11.8 Å². The van der Waals surface area contributed by atoms with Gasteiger partial charge in [0.1, 0.15) is 30.5 Å². The van der Waals surface area contributed by atoms with Crippen LogP contribution in [0, 0.1) is 6.92 Å². The van der Waals surface area contributed by atoms with Crippen LogP contribution in [-0.4, -0.2) is 45.4 Å². The van der Waals surface area contributed by atoms with Crippen LogP contribution in [0.15, 0.2) is 60.3 Å². The van der Waals surface area contributed by atoms with Gasteiger partial charge in [0, 0.05) is 12.3 Å². The van der Waals surface area contributed by atoms with E-state index < -0.39 is 6.10 Å². The molecule has 182 valence electrons. The molecule has 1 heterocycles. The summed E-state index contributed by atoms with van der Waals surface area (Å²) in [5.41, 5.74) is 2.53. The molecule has 8 heteroatoms. The average Bonchev–Trinajstić information content (AvgIpc) is 3.21. The van der Waals surface area contributed by atoms with Crippen molar-refractivity contribution in [1.29, 1.82) is 0 Å². The summed E-state index contributed by atoms with van der Waals surface area (Å²) in [6.45, 7) is 11.3. The summed E-state index contributed by atoms with van der Waals surface area (Å²) in [4.78, 5) is 0. The van der Waals surface area contributed by atoms with Crippen molar-refractivity contribution in [2.45, 2.75) is 51.1 Å². The zero-order valence-electron chi connectivity index (χ0n) is 20.2. The molecule has 1 atom stereocenters. The third-order valence-electron chi connectivity index (χ3n) is 5.24. The summed E-state index contributed by atoms with van der Waals surface area (Å²) in [7, 11) is 1.62. The molecule has 3 aromatic rings. The van der Waals surface area contributed by atoms with E-state index in [1.807, 2.05) is 34.9 Å². The van der Waals surface area contributed by atoms with Crippen LogP contribution in [0.1, 0.15) is 36.7 Å². The van der Waals surface area contributed by atoms with Gasteiger partial charge in [-0.3, -0.25) is 4.57 Å². The predicted molar refractivity (Wildman–Crippen MR) is 135 cm³/mol. The molecule has 0 aliphatic carbocycles. The molecule has 0 unspecified atom stereocenters. The maximum Gasteiger partial charge on any atom is 0.191 e. The fraction of sp³-hybridized carbons (Fsp3) is 0.385. The average molecular weight is 484 g/mol. The molecule has 0 aliphatic heterocycles. The van der Waals surface area contributed by atoms with Gasteiger partial charge in [-0.2, -0.15) is 0 Å². The molecular formula is C26H33N3O4S. The van der Waals surface area contributed by atoms with Gasteiger partial charge in [0.05, 0.1) is 13.2 Å². The van der Waals surface area contributed by atoms with E-state index in [0.29, 0.717) is 41.6 Å². The standard InChI is InChI=1S/C26H33N3O4S/c1-6-13-29-25(16-33-23-11-12-24(18(2)3)19(4)14-23)27-28-26(29)34-17-20(30)15-32-22-9-7-21(31-5)8-10-22/h6-12,14,18,20,30H,1,13,15-17H2,2-5H3/t20-/m0/s1. The lowest BCUT2D eigenvalue weighted by Gasteiger charge is -2.14. The van der Waals surface area contributed by atoms with Crippen LogP contribution in [0.5, 0.6) is 17.2 Å². The summed E-state index contributed by atoms with van der Waals surface area (Å²) in [5, 5.41) is 19.7. The van der Waals surface area contributed by atoms with Gasteiger partial charge < -0.3 is 19.3 Å². The van der Waals surface area contributed by atoms with Crippen molar-refractivity contribution < 1.29 is 19.3 Å². The summed E-state index contributed by atoms with van der Waals surface area (Å²) in [6.07, 6.45) is 1.13. The van der Waals surface area contributed by atoms with Crippen molar-refractivity contribution in [2.24, 2.45) is 0 Å². The lowest BCUT2D eigenvalue weighted by Crippen LogP contribution is -2.20. The number of methoxy groups -OCH3 is 1. The minimum Gasteiger partial charge on any atom is -0.497 e. The highest BCUT2D eigenvalue weighted by atomic mass is 32.2. The molecule has 0 amide bonds. The Labute approximate surface area is 205 Å². The number of hydrogen-bond donors (Lipinski definition) is 1. The number of ether oxygens (including phenoxy) is 3. The highest BCUT2D eigenvalue weighted by Crippen LogP contribution is 2.25.